The molecule has 45 heavy (non-hydrogen) atoms. The molecule has 0 unspecified atom stereocenters. The van der Waals surface area contributed by atoms with Crippen molar-refractivity contribution in [3.63, 3.8) is 0 Å². The normalized spacial score (nSPS) is 13.1. The van der Waals surface area contributed by atoms with Crippen LogP contribution < -0.4 is 20.3 Å². The van der Waals surface area contributed by atoms with Crippen LogP contribution >= 0.6 is 11.3 Å². The number of halogens is 3. The molecule has 0 aliphatic carbocycles. The fourth-order valence-electron chi connectivity index (χ4n) is 4.55. The van der Waals surface area contributed by atoms with Crippen molar-refractivity contribution >= 4 is 39.8 Å². The van der Waals surface area contributed by atoms with Crippen molar-refractivity contribution < 1.29 is 32.6 Å². The summed E-state index contributed by atoms with van der Waals surface area (Å²) in [4.78, 5) is 43.6. The van der Waals surface area contributed by atoms with Crippen molar-refractivity contribution in [1.29, 1.82) is 0 Å². The quantitative estimate of drug-likeness (QED) is 0.175. The second kappa shape index (κ2) is 12.2. The summed E-state index contributed by atoms with van der Waals surface area (Å²) in [5, 5.41) is 15.3. The highest BCUT2D eigenvalue weighted by Gasteiger charge is 2.31. The van der Waals surface area contributed by atoms with Crippen LogP contribution in [0.2, 0.25) is 0 Å². The molecule has 1 aliphatic heterocycles. The average Bonchev–Trinajstić information content (AvgIpc) is 3.67. The van der Waals surface area contributed by atoms with E-state index in [0.29, 0.717) is 29.4 Å². The molecule has 3 amide bonds. The fourth-order valence-corrected chi connectivity index (χ4v) is 5.51. The molecule has 0 atom stereocenters. The van der Waals surface area contributed by atoms with Crippen molar-refractivity contribution in [3.05, 3.63) is 84.9 Å². The molecule has 5 aromatic rings. The number of pyridine rings is 1. The maximum atomic E-state index is 13.4. The molecule has 4 heterocycles. The third kappa shape index (κ3) is 6.83. The third-order valence-electron chi connectivity index (χ3n) is 6.68. The molecule has 0 spiro atoms. The Morgan fingerprint density at radius 1 is 0.933 bits per heavy atom. The number of ether oxygens (including phenoxy) is 1. The Balaban J connectivity index is 1.10. The molecule has 2 aromatic carbocycles. The van der Waals surface area contributed by atoms with E-state index in [9.17, 15) is 27.9 Å². The lowest BCUT2D eigenvalue weighted by Gasteiger charge is -2.15. The van der Waals surface area contributed by atoms with Crippen LogP contribution in [0, 0.1) is 0 Å². The molecule has 228 valence electrons. The third-order valence-corrected chi connectivity index (χ3v) is 7.75. The van der Waals surface area contributed by atoms with Gasteiger partial charge in [-0.2, -0.15) is 13.2 Å². The monoisotopic (exact) mass is 633 g/mol. The molecule has 1 fully saturated rings. The second-order valence-electron chi connectivity index (χ2n) is 9.78. The summed E-state index contributed by atoms with van der Waals surface area (Å²) in [7, 11) is 0. The number of anilines is 3. The van der Waals surface area contributed by atoms with Crippen LogP contribution in [0.3, 0.4) is 0 Å². The van der Waals surface area contributed by atoms with Gasteiger partial charge >= 0.3 is 18.2 Å². The summed E-state index contributed by atoms with van der Waals surface area (Å²) < 4.78 is 45.9. The van der Waals surface area contributed by atoms with E-state index in [0.717, 1.165) is 29.0 Å². The highest BCUT2D eigenvalue weighted by molar-refractivity contribution is 7.19. The molecule has 1 aliphatic rings. The zero-order valence-corrected chi connectivity index (χ0v) is 23.9. The molecule has 1 saturated heterocycles. The molecular formula is C30H22F3N7O4S. The van der Waals surface area contributed by atoms with Gasteiger partial charge in [-0.1, -0.05) is 17.4 Å². The van der Waals surface area contributed by atoms with Crippen molar-refractivity contribution in [2.45, 2.75) is 19.0 Å². The van der Waals surface area contributed by atoms with Gasteiger partial charge in [0.25, 0.3) is 0 Å². The number of aromatic nitrogens is 4. The lowest BCUT2D eigenvalue weighted by Crippen LogP contribution is -2.23. The van der Waals surface area contributed by atoms with Crippen LogP contribution in [0.1, 0.15) is 18.4 Å². The summed E-state index contributed by atoms with van der Waals surface area (Å²) in [5.41, 5.74) is 0.528. The van der Waals surface area contributed by atoms with Crippen LogP contribution in [-0.2, 0) is 11.0 Å². The number of carbonyl (C=O) groups excluding carboxylic acids is 2. The molecule has 3 aromatic heterocycles. The predicted molar refractivity (Wildman–Crippen MR) is 160 cm³/mol. The Kier molecular flexibility index (Phi) is 8.00. The Labute approximate surface area is 257 Å². The lowest BCUT2D eigenvalue weighted by atomic mass is 10.0. The second-order valence-corrected chi connectivity index (χ2v) is 10.8. The van der Waals surface area contributed by atoms with Gasteiger partial charge in [0.1, 0.15) is 5.75 Å². The van der Waals surface area contributed by atoms with Gasteiger partial charge in [-0.05, 0) is 60.0 Å². The Morgan fingerprint density at radius 2 is 1.71 bits per heavy atom. The smallest absolute Gasteiger partial charge is 0.416 e. The summed E-state index contributed by atoms with van der Waals surface area (Å²) in [6.45, 7) is 0.673. The SMILES string of the molecule is O=C(Nc1cnc(Oc2ccc(-c3cnc(N4CCCC4=O)s3)cc2)nc1)Nc1cc(C(F)(F)F)ccc1-c1ccnc(O)c1. The van der Waals surface area contributed by atoms with E-state index in [2.05, 4.69) is 30.6 Å². The summed E-state index contributed by atoms with van der Waals surface area (Å²) >= 11 is 1.43. The van der Waals surface area contributed by atoms with Gasteiger partial charge < -0.3 is 20.5 Å². The Morgan fingerprint density at radius 3 is 2.40 bits per heavy atom. The number of urea groups is 1. The van der Waals surface area contributed by atoms with Crippen molar-refractivity contribution in [2.24, 2.45) is 0 Å². The van der Waals surface area contributed by atoms with Gasteiger partial charge in [0.05, 0.1) is 34.2 Å². The number of benzene rings is 2. The number of amides is 3. The summed E-state index contributed by atoms with van der Waals surface area (Å²) in [6, 6.07) is 11.9. The van der Waals surface area contributed by atoms with E-state index in [4.69, 9.17) is 4.74 Å². The van der Waals surface area contributed by atoms with Gasteiger partial charge in [0, 0.05) is 37.0 Å². The molecule has 6 rings (SSSR count). The summed E-state index contributed by atoms with van der Waals surface area (Å²) in [5.74, 6) is 0.202. The van der Waals surface area contributed by atoms with Crippen LogP contribution in [0.4, 0.5) is 34.5 Å². The number of hydrogen-bond donors (Lipinski definition) is 3. The van der Waals surface area contributed by atoms with E-state index in [1.165, 1.54) is 48.1 Å². The fraction of sp³-hybridized carbons (Fsp3) is 0.133. The maximum absolute atomic E-state index is 13.4. The summed E-state index contributed by atoms with van der Waals surface area (Å²) in [6.07, 6.45) is 2.29. The van der Waals surface area contributed by atoms with Crippen molar-refractivity contribution in [1.82, 2.24) is 19.9 Å². The Bertz CT molecular complexity index is 1870. The zero-order valence-electron chi connectivity index (χ0n) is 23.1. The number of carbonyl (C=O) groups is 2. The van der Waals surface area contributed by atoms with E-state index >= 15 is 0 Å². The molecule has 0 bridgehead atoms. The standard InChI is InChI=1S/C30H22F3N7O4S/c31-30(32,33)19-5-8-22(18-9-10-34-25(41)12-18)23(13-19)39-27(43)38-20-14-35-28(36-15-20)44-21-6-3-17(4-7-21)24-16-37-29(45-24)40-11-1-2-26(40)42/h3-10,12-16H,1-2,11H2,(H,34,41)(H2,38,39,43). The van der Waals surface area contributed by atoms with Crippen LogP contribution in [0.5, 0.6) is 17.6 Å². The molecule has 3 N–H and O–H groups in total. The van der Waals surface area contributed by atoms with E-state index in [1.807, 2.05) is 12.1 Å². The number of nitrogens with one attached hydrogen (secondary N) is 2. The number of hydrogen-bond acceptors (Lipinski definition) is 9. The van der Waals surface area contributed by atoms with Gasteiger partial charge in [-0.15, -0.1) is 0 Å². The largest absolute Gasteiger partial charge is 0.493 e. The zero-order chi connectivity index (χ0) is 31.6. The van der Waals surface area contributed by atoms with Crippen molar-refractivity contribution in [3.8, 4) is 39.2 Å². The number of aromatic hydroxyl groups is 1. The van der Waals surface area contributed by atoms with Crippen LogP contribution in [0.15, 0.2) is 79.4 Å². The Hall–Kier alpha value is -5.57. The predicted octanol–water partition coefficient (Wildman–Crippen LogP) is 6.95. The number of alkyl halides is 3. The van der Waals surface area contributed by atoms with Gasteiger partial charge in [-0.25, -0.2) is 24.7 Å². The lowest BCUT2D eigenvalue weighted by molar-refractivity contribution is -0.137. The van der Waals surface area contributed by atoms with Crippen LogP contribution in [-0.4, -0.2) is 43.5 Å². The first kappa shape index (κ1) is 29.5. The molecular weight excluding hydrogens is 611 g/mol. The van der Waals surface area contributed by atoms with E-state index in [-0.39, 0.29) is 34.7 Å². The van der Waals surface area contributed by atoms with E-state index in [1.54, 1.807) is 23.2 Å². The van der Waals surface area contributed by atoms with Gasteiger partial charge in [-0.3, -0.25) is 9.69 Å². The number of thiazole rings is 1. The maximum Gasteiger partial charge on any atom is 0.416 e. The minimum Gasteiger partial charge on any atom is -0.493 e. The number of nitrogens with zero attached hydrogens (tertiary/aromatic N) is 5. The highest BCUT2D eigenvalue weighted by Crippen LogP contribution is 2.37. The molecule has 0 radical (unpaired) electrons. The minimum absolute atomic E-state index is 0.000935. The highest BCUT2D eigenvalue weighted by atomic mass is 32.1. The molecule has 11 nitrogen and oxygen atoms in total. The number of rotatable bonds is 7. The van der Waals surface area contributed by atoms with Gasteiger partial charge in [0.2, 0.25) is 11.8 Å². The van der Waals surface area contributed by atoms with Gasteiger partial charge in [0.15, 0.2) is 5.13 Å². The minimum atomic E-state index is -4.64. The van der Waals surface area contributed by atoms with Crippen LogP contribution in [0.25, 0.3) is 21.6 Å². The first-order valence-corrected chi connectivity index (χ1v) is 14.3. The topological polar surface area (TPSA) is 142 Å². The average molecular weight is 634 g/mol. The first-order chi connectivity index (χ1) is 21.6. The van der Waals surface area contributed by atoms with E-state index < -0.39 is 17.8 Å². The first-order valence-electron chi connectivity index (χ1n) is 13.4. The molecule has 0 saturated carbocycles. The molecule has 15 heteroatoms. The van der Waals surface area contributed by atoms with Crippen molar-refractivity contribution in [2.75, 3.05) is 22.1 Å².